The Morgan fingerprint density at radius 2 is 2.00 bits per heavy atom. The topological polar surface area (TPSA) is 139 Å². The van der Waals surface area contributed by atoms with E-state index in [1.807, 2.05) is 18.3 Å². The normalized spacial score (nSPS) is 20.2. The van der Waals surface area contributed by atoms with Crippen molar-refractivity contribution in [3.8, 4) is 0 Å². The highest BCUT2D eigenvalue weighted by Gasteiger charge is 2.30. The van der Waals surface area contributed by atoms with E-state index in [-0.39, 0.29) is 35.4 Å². The minimum absolute atomic E-state index is 0.00335. The maximum absolute atomic E-state index is 13.3. The zero-order valence-electron chi connectivity index (χ0n) is 22.1. The van der Waals surface area contributed by atoms with E-state index in [0.717, 1.165) is 69.5 Å². The molecule has 1 saturated carbocycles. The van der Waals surface area contributed by atoms with E-state index in [0.29, 0.717) is 23.8 Å². The van der Waals surface area contributed by atoms with Gasteiger partial charge in [0.05, 0.1) is 37.2 Å². The number of nitrogens with two attached hydrogens (primary N) is 1. The lowest BCUT2D eigenvalue weighted by Crippen LogP contribution is -2.47. The van der Waals surface area contributed by atoms with Crippen molar-refractivity contribution in [3.05, 3.63) is 46.0 Å². The lowest BCUT2D eigenvalue weighted by Gasteiger charge is -2.37. The molecule has 0 aromatic carbocycles. The van der Waals surface area contributed by atoms with E-state index in [2.05, 4.69) is 15.2 Å². The summed E-state index contributed by atoms with van der Waals surface area (Å²) in [6.07, 6.45) is 9.25. The number of pyridine rings is 2. The van der Waals surface area contributed by atoms with Crippen molar-refractivity contribution in [2.75, 3.05) is 56.4 Å². The van der Waals surface area contributed by atoms with Gasteiger partial charge in [-0.25, -0.2) is 9.78 Å². The van der Waals surface area contributed by atoms with Gasteiger partial charge in [-0.2, -0.15) is 0 Å². The number of ether oxygens (including phenoxy) is 2. The van der Waals surface area contributed by atoms with Crippen LogP contribution < -0.4 is 21.5 Å². The molecular formula is C27H37N7O4. The van der Waals surface area contributed by atoms with Gasteiger partial charge in [0.2, 0.25) is 5.90 Å². The highest BCUT2D eigenvalue weighted by atomic mass is 16.5. The number of piperidine rings is 1. The third kappa shape index (κ3) is 5.47. The molecule has 0 unspecified atom stereocenters. The number of hydrogen-bond acceptors (Lipinski definition) is 8. The maximum Gasteiger partial charge on any atom is 0.321 e. The highest BCUT2D eigenvalue weighted by Crippen LogP contribution is 2.40. The van der Waals surface area contributed by atoms with Crippen LogP contribution >= 0.6 is 0 Å². The van der Waals surface area contributed by atoms with Gasteiger partial charge in [0.15, 0.2) is 0 Å². The molecule has 11 heteroatoms. The van der Waals surface area contributed by atoms with E-state index >= 15 is 0 Å². The third-order valence-electron chi connectivity index (χ3n) is 7.93. The van der Waals surface area contributed by atoms with Crippen LogP contribution in [0.4, 0.5) is 22.0 Å². The largest absolute Gasteiger partial charge is 0.481 e. The van der Waals surface area contributed by atoms with Crippen LogP contribution in [0.15, 0.2) is 29.3 Å². The molecular weight excluding hydrogens is 486 g/mol. The van der Waals surface area contributed by atoms with Crippen molar-refractivity contribution in [1.82, 2.24) is 14.5 Å². The lowest BCUT2D eigenvalue weighted by molar-refractivity contribution is 0.0580. The highest BCUT2D eigenvalue weighted by molar-refractivity contribution is 5.96. The molecule has 0 radical (unpaired) electrons. The molecule has 3 fully saturated rings. The first kappa shape index (κ1) is 26.0. The fourth-order valence-corrected chi connectivity index (χ4v) is 5.38. The Kier molecular flexibility index (Phi) is 7.55. The van der Waals surface area contributed by atoms with Crippen molar-refractivity contribution < 1.29 is 14.3 Å². The van der Waals surface area contributed by atoms with E-state index in [1.54, 1.807) is 22.7 Å². The molecule has 0 bridgehead atoms. The minimum Gasteiger partial charge on any atom is -0.481 e. The number of nitrogens with one attached hydrogen (secondary N) is 2. The molecule has 2 amide bonds. The Morgan fingerprint density at radius 1 is 1.24 bits per heavy atom. The fourth-order valence-electron chi connectivity index (χ4n) is 5.38. The molecule has 38 heavy (non-hydrogen) atoms. The summed E-state index contributed by atoms with van der Waals surface area (Å²) in [6.45, 7) is 2.70. The van der Waals surface area contributed by atoms with Crippen LogP contribution in [0.25, 0.3) is 0 Å². The molecule has 2 aliphatic heterocycles. The van der Waals surface area contributed by atoms with Crippen LogP contribution in [-0.4, -0.2) is 72.9 Å². The minimum atomic E-state index is -0.273. The summed E-state index contributed by atoms with van der Waals surface area (Å²) in [5, 5.41) is 10.9. The number of anilines is 3. The third-order valence-corrected chi connectivity index (χ3v) is 7.93. The second-order valence-corrected chi connectivity index (χ2v) is 10.5. The van der Waals surface area contributed by atoms with Gasteiger partial charge >= 0.3 is 6.03 Å². The molecule has 11 nitrogen and oxygen atoms in total. The SMILES string of the molecule is COC(=N)c1cc(N2CCC(N(C)C(=O)Nc3cc(C4CC4)cn([C@@H]4CCCOC4)c3=O)CC2)cnc1N. The average Bonchev–Trinajstić information content (AvgIpc) is 3.80. The first-order valence-electron chi connectivity index (χ1n) is 13.4. The van der Waals surface area contributed by atoms with E-state index in [9.17, 15) is 9.59 Å². The first-order valence-corrected chi connectivity index (χ1v) is 13.4. The van der Waals surface area contributed by atoms with Crippen LogP contribution in [0.2, 0.25) is 0 Å². The Hall–Kier alpha value is -3.60. The monoisotopic (exact) mass is 523 g/mol. The smallest absolute Gasteiger partial charge is 0.321 e. The number of carbonyl (C=O) groups excluding carboxylic acids is 1. The van der Waals surface area contributed by atoms with Crippen LogP contribution in [0.1, 0.15) is 61.6 Å². The fraction of sp³-hybridized carbons (Fsp3) is 0.556. The summed E-state index contributed by atoms with van der Waals surface area (Å²) < 4.78 is 12.4. The Labute approximate surface area is 222 Å². The number of nitrogens with zero attached hydrogens (tertiary/aromatic N) is 4. The predicted molar refractivity (Wildman–Crippen MR) is 146 cm³/mol. The molecule has 1 aliphatic carbocycles. The van der Waals surface area contributed by atoms with Crippen molar-refractivity contribution >= 4 is 29.1 Å². The van der Waals surface area contributed by atoms with Gasteiger partial charge in [-0.1, -0.05) is 0 Å². The summed E-state index contributed by atoms with van der Waals surface area (Å²) in [5.74, 6) is 0.691. The number of hydrogen-bond donors (Lipinski definition) is 3. The van der Waals surface area contributed by atoms with Gasteiger partial charge in [0.25, 0.3) is 5.56 Å². The molecule has 2 saturated heterocycles. The van der Waals surface area contributed by atoms with Crippen molar-refractivity contribution in [2.45, 2.75) is 56.5 Å². The quantitative estimate of drug-likeness (QED) is 0.390. The van der Waals surface area contributed by atoms with Crippen molar-refractivity contribution in [3.63, 3.8) is 0 Å². The Balaban J connectivity index is 1.25. The van der Waals surface area contributed by atoms with Gasteiger partial charge in [-0.15, -0.1) is 0 Å². The number of nitrogen functional groups attached to an aromatic ring is 1. The number of amides is 2. The number of rotatable bonds is 6. The van der Waals surface area contributed by atoms with Gasteiger partial charge < -0.3 is 34.9 Å². The van der Waals surface area contributed by atoms with Gasteiger partial charge in [-0.05, 0) is 62.1 Å². The van der Waals surface area contributed by atoms with Crippen molar-refractivity contribution in [1.29, 1.82) is 5.41 Å². The standard InChI is InChI=1S/C27H37N7O4/c1-32(19-7-9-33(10-8-19)21-13-22(25(29)37-2)24(28)30-14-21)27(36)31-23-12-18(17-5-6-17)15-34(26(23)35)20-4-3-11-38-16-20/h12-15,17,19-20,29H,3-11,16H2,1-2H3,(H2,28,30)(H,31,36)/t20-/m1/s1. The summed E-state index contributed by atoms with van der Waals surface area (Å²) in [5.41, 5.74) is 8.52. The summed E-state index contributed by atoms with van der Waals surface area (Å²) >= 11 is 0. The second-order valence-electron chi connectivity index (χ2n) is 10.5. The average molecular weight is 524 g/mol. The number of methoxy groups -OCH3 is 1. The predicted octanol–water partition coefficient (Wildman–Crippen LogP) is 3.16. The van der Waals surface area contributed by atoms with E-state index < -0.39 is 0 Å². The van der Waals surface area contributed by atoms with Gasteiger partial charge in [0, 0.05) is 39.0 Å². The molecule has 3 aliphatic rings. The summed E-state index contributed by atoms with van der Waals surface area (Å²) in [7, 11) is 3.22. The van der Waals surface area contributed by atoms with Gasteiger partial charge in [-0.3, -0.25) is 10.2 Å². The lowest BCUT2D eigenvalue weighted by atomic mass is 10.0. The molecule has 0 spiro atoms. The van der Waals surface area contributed by atoms with Crippen LogP contribution in [-0.2, 0) is 9.47 Å². The number of carbonyl (C=O) groups is 1. The Bertz CT molecular complexity index is 1240. The van der Waals surface area contributed by atoms with Gasteiger partial charge in [0.1, 0.15) is 11.5 Å². The molecule has 1 atom stereocenters. The zero-order chi connectivity index (χ0) is 26.8. The molecule has 2 aromatic heterocycles. The Morgan fingerprint density at radius 3 is 2.66 bits per heavy atom. The molecule has 5 rings (SSSR count). The molecule has 4 heterocycles. The number of urea groups is 1. The maximum atomic E-state index is 13.3. The van der Waals surface area contributed by atoms with Crippen LogP contribution in [0, 0.1) is 5.41 Å². The first-order chi connectivity index (χ1) is 18.4. The molecule has 4 N–H and O–H groups in total. The van der Waals surface area contributed by atoms with E-state index in [1.165, 1.54) is 7.11 Å². The second kappa shape index (κ2) is 11.0. The number of aromatic nitrogens is 2. The summed E-state index contributed by atoms with van der Waals surface area (Å²) in [4.78, 5) is 34.7. The van der Waals surface area contributed by atoms with Crippen molar-refractivity contribution in [2.24, 2.45) is 0 Å². The molecule has 204 valence electrons. The van der Waals surface area contributed by atoms with Crippen LogP contribution in [0.3, 0.4) is 0 Å². The molecule has 2 aromatic rings. The van der Waals surface area contributed by atoms with Crippen LogP contribution in [0.5, 0.6) is 0 Å². The summed E-state index contributed by atoms with van der Waals surface area (Å²) in [6, 6.07) is 3.44. The van der Waals surface area contributed by atoms with E-state index in [4.69, 9.17) is 20.6 Å². The zero-order valence-corrected chi connectivity index (χ0v) is 22.1.